The molecule has 0 spiro atoms. The van der Waals surface area contributed by atoms with Crippen molar-refractivity contribution < 1.29 is 8.42 Å². The summed E-state index contributed by atoms with van der Waals surface area (Å²) < 4.78 is 27.8. The van der Waals surface area contributed by atoms with Crippen molar-refractivity contribution in [2.75, 3.05) is 13.1 Å². The van der Waals surface area contributed by atoms with E-state index in [4.69, 9.17) is 0 Å². The predicted molar refractivity (Wildman–Crippen MR) is 70.9 cm³/mol. The van der Waals surface area contributed by atoms with Crippen LogP contribution in [0.15, 0.2) is 6.20 Å². The van der Waals surface area contributed by atoms with Gasteiger partial charge in [0.2, 0.25) is 10.0 Å². The summed E-state index contributed by atoms with van der Waals surface area (Å²) >= 11 is 0. The fourth-order valence-electron chi connectivity index (χ4n) is 2.48. The van der Waals surface area contributed by atoms with E-state index in [9.17, 15) is 8.42 Å². The standard InChI is InChI=1S/C12H21N3O2S/c1-9(2)18(16,17)15-6-5-11(8-15)12-13-10(3)7-14(12)4/h7,9,11H,5-6,8H2,1-4H3. The van der Waals surface area contributed by atoms with Crippen LogP contribution in [-0.4, -0.2) is 40.6 Å². The van der Waals surface area contributed by atoms with E-state index >= 15 is 0 Å². The summed E-state index contributed by atoms with van der Waals surface area (Å²) in [5.74, 6) is 1.21. The molecule has 5 nitrogen and oxygen atoms in total. The van der Waals surface area contributed by atoms with Crippen LogP contribution >= 0.6 is 0 Å². The molecule has 1 unspecified atom stereocenters. The third-order valence-electron chi connectivity index (χ3n) is 3.50. The fourth-order valence-corrected chi connectivity index (χ4v) is 3.83. The zero-order valence-corrected chi connectivity index (χ0v) is 12.2. The third kappa shape index (κ3) is 2.31. The van der Waals surface area contributed by atoms with E-state index in [1.165, 1.54) is 0 Å². The van der Waals surface area contributed by atoms with Crippen LogP contribution in [0.5, 0.6) is 0 Å². The van der Waals surface area contributed by atoms with E-state index in [2.05, 4.69) is 4.98 Å². The third-order valence-corrected chi connectivity index (χ3v) is 5.75. The van der Waals surface area contributed by atoms with Crippen LogP contribution < -0.4 is 0 Å². The molecule has 0 amide bonds. The summed E-state index contributed by atoms with van der Waals surface area (Å²) in [5.41, 5.74) is 0.984. The zero-order valence-electron chi connectivity index (χ0n) is 11.4. The Kier molecular flexibility index (Phi) is 3.51. The van der Waals surface area contributed by atoms with Crippen LogP contribution in [0, 0.1) is 6.92 Å². The first-order valence-electron chi connectivity index (χ1n) is 6.31. The maximum Gasteiger partial charge on any atom is 0.216 e. The molecule has 2 rings (SSSR count). The zero-order chi connectivity index (χ0) is 13.5. The Hall–Kier alpha value is -0.880. The minimum Gasteiger partial charge on any atom is -0.337 e. The van der Waals surface area contributed by atoms with E-state index in [-0.39, 0.29) is 11.2 Å². The minimum atomic E-state index is -3.13. The summed E-state index contributed by atoms with van der Waals surface area (Å²) in [6.45, 7) is 6.59. The lowest BCUT2D eigenvalue weighted by molar-refractivity contribution is 0.463. The molecule has 102 valence electrons. The average Bonchev–Trinajstić information content (AvgIpc) is 2.84. The van der Waals surface area contributed by atoms with Gasteiger partial charge in [-0.2, -0.15) is 0 Å². The Balaban J connectivity index is 2.17. The number of nitrogens with zero attached hydrogens (tertiary/aromatic N) is 3. The second-order valence-electron chi connectivity index (χ2n) is 5.29. The van der Waals surface area contributed by atoms with Crippen LogP contribution in [0.1, 0.15) is 37.7 Å². The second-order valence-corrected chi connectivity index (χ2v) is 7.78. The van der Waals surface area contributed by atoms with Crippen molar-refractivity contribution in [3.05, 3.63) is 17.7 Å². The Labute approximate surface area is 109 Å². The highest BCUT2D eigenvalue weighted by atomic mass is 32.2. The number of hydrogen-bond donors (Lipinski definition) is 0. The smallest absolute Gasteiger partial charge is 0.216 e. The van der Waals surface area contributed by atoms with Gasteiger partial charge in [-0.15, -0.1) is 0 Å². The van der Waals surface area contributed by atoms with Gasteiger partial charge in [-0.1, -0.05) is 0 Å². The molecule has 1 fully saturated rings. The second kappa shape index (κ2) is 4.66. The first-order valence-corrected chi connectivity index (χ1v) is 7.81. The van der Waals surface area contributed by atoms with Gasteiger partial charge in [0.15, 0.2) is 0 Å². The summed E-state index contributed by atoms with van der Waals surface area (Å²) in [6, 6.07) is 0. The van der Waals surface area contributed by atoms with Crippen molar-refractivity contribution in [2.24, 2.45) is 7.05 Å². The molecule has 2 heterocycles. The monoisotopic (exact) mass is 271 g/mol. The normalized spacial score (nSPS) is 21.9. The molecule has 6 heteroatoms. The topological polar surface area (TPSA) is 55.2 Å². The molecular formula is C12H21N3O2S. The van der Waals surface area contributed by atoms with E-state index in [1.54, 1.807) is 18.2 Å². The highest BCUT2D eigenvalue weighted by molar-refractivity contribution is 7.89. The molecule has 1 aliphatic rings. The summed E-state index contributed by atoms with van der Waals surface area (Å²) in [5, 5.41) is -0.348. The maximum absolute atomic E-state index is 12.1. The van der Waals surface area contributed by atoms with Gasteiger partial charge in [-0.25, -0.2) is 17.7 Å². The maximum atomic E-state index is 12.1. The van der Waals surface area contributed by atoms with Crippen LogP contribution in [-0.2, 0) is 17.1 Å². The number of rotatable bonds is 3. The molecule has 1 saturated heterocycles. The SMILES string of the molecule is Cc1cn(C)c(C2CCN(S(=O)(=O)C(C)C)C2)n1. The molecule has 0 aromatic carbocycles. The molecule has 0 radical (unpaired) electrons. The van der Waals surface area contributed by atoms with Crippen molar-refractivity contribution in [3.8, 4) is 0 Å². The van der Waals surface area contributed by atoms with Crippen LogP contribution in [0.25, 0.3) is 0 Å². The summed E-state index contributed by atoms with van der Waals surface area (Å²) in [6.07, 6.45) is 2.84. The van der Waals surface area contributed by atoms with Crippen molar-refractivity contribution in [3.63, 3.8) is 0 Å². The van der Waals surface area contributed by atoms with Crippen LogP contribution in [0.2, 0.25) is 0 Å². The van der Waals surface area contributed by atoms with Crippen LogP contribution in [0.3, 0.4) is 0 Å². The molecule has 0 bridgehead atoms. The number of hydrogen-bond acceptors (Lipinski definition) is 3. The van der Waals surface area contributed by atoms with Gasteiger partial charge in [0.05, 0.1) is 10.9 Å². The molecule has 0 aliphatic carbocycles. The number of sulfonamides is 1. The highest BCUT2D eigenvalue weighted by Crippen LogP contribution is 2.29. The quantitative estimate of drug-likeness (QED) is 0.831. The van der Waals surface area contributed by atoms with Gasteiger partial charge >= 0.3 is 0 Å². The number of aromatic nitrogens is 2. The van der Waals surface area contributed by atoms with Crippen molar-refractivity contribution in [1.29, 1.82) is 0 Å². The summed E-state index contributed by atoms with van der Waals surface area (Å²) in [4.78, 5) is 4.50. The van der Waals surface area contributed by atoms with Gasteiger partial charge in [-0.05, 0) is 27.2 Å². The van der Waals surface area contributed by atoms with Crippen molar-refractivity contribution in [2.45, 2.75) is 38.4 Å². The Bertz CT molecular complexity index is 534. The molecule has 0 saturated carbocycles. The summed E-state index contributed by atoms with van der Waals surface area (Å²) in [7, 11) is -1.16. The lowest BCUT2D eigenvalue weighted by Gasteiger charge is -2.19. The van der Waals surface area contributed by atoms with Crippen molar-refractivity contribution in [1.82, 2.24) is 13.9 Å². The molecule has 1 aliphatic heterocycles. The van der Waals surface area contributed by atoms with Gasteiger partial charge < -0.3 is 4.57 Å². The molecule has 1 atom stereocenters. The highest BCUT2D eigenvalue weighted by Gasteiger charge is 2.35. The Morgan fingerprint density at radius 3 is 2.61 bits per heavy atom. The van der Waals surface area contributed by atoms with E-state index in [0.717, 1.165) is 17.9 Å². The average molecular weight is 271 g/mol. The molecule has 0 N–H and O–H groups in total. The number of imidazole rings is 1. The van der Waals surface area contributed by atoms with E-state index < -0.39 is 10.0 Å². The Morgan fingerprint density at radius 2 is 2.11 bits per heavy atom. The first-order chi connectivity index (χ1) is 8.32. The molecule has 1 aromatic heterocycles. The lowest BCUT2D eigenvalue weighted by Crippen LogP contribution is -2.34. The molecular weight excluding hydrogens is 250 g/mol. The van der Waals surface area contributed by atoms with Crippen LogP contribution in [0.4, 0.5) is 0 Å². The van der Waals surface area contributed by atoms with E-state index in [1.807, 2.05) is 24.7 Å². The van der Waals surface area contributed by atoms with E-state index in [0.29, 0.717) is 13.1 Å². The fraction of sp³-hybridized carbons (Fsp3) is 0.750. The van der Waals surface area contributed by atoms with Gasteiger partial charge in [0, 0.05) is 32.3 Å². The van der Waals surface area contributed by atoms with Crippen molar-refractivity contribution >= 4 is 10.0 Å². The largest absolute Gasteiger partial charge is 0.337 e. The van der Waals surface area contributed by atoms with Gasteiger partial charge in [0.1, 0.15) is 5.82 Å². The lowest BCUT2D eigenvalue weighted by atomic mass is 10.1. The minimum absolute atomic E-state index is 0.220. The first kappa shape index (κ1) is 13.5. The Morgan fingerprint density at radius 1 is 1.44 bits per heavy atom. The predicted octanol–water partition coefficient (Wildman–Crippen LogP) is 1.26. The molecule has 1 aromatic rings. The van der Waals surface area contributed by atoms with Gasteiger partial charge in [0.25, 0.3) is 0 Å². The molecule has 18 heavy (non-hydrogen) atoms. The van der Waals surface area contributed by atoms with Gasteiger partial charge in [-0.3, -0.25) is 0 Å². The number of aryl methyl sites for hydroxylation is 2.